The smallest absolute Gasteiger partial charge is 0.237 e. The number of hydrogen-bond acceptors (Lipinski definition) is 3. The first kappa shape index (κ1) is 16.5. The molecular formula is C19H28N2O2. The van der Waals surface area contributed by atoms with Crippen LogP contribution < -0.4 is 0 Å². The van der Waals surface area contributed by atoms with E-state index in [1.807, 2.05) is 18.2 Å². The zero-order valence-corrected chi connectivity index (χ0v) is 14.0. The molecule has 1 saturated carbocycles. The van der Waals surface area contributed by atoms with Gasteiger partial charge in [0.25, 0.3) is 0 Å². The van der Waals surface area contributed by atoms with E-state index < -0.39 is 0 Å². The summed E-state index contributed by atoms with van der Waals surface area (Å²) in [7, 11) is 0. The van der Waals surface area contributed by atoms with Crippen LogP contribution in [-0.4, -0.2) is 53.1 Å². The molecule has 4 heteroatoms. The zero-order chi connectivity index (χ0) is 16.2. The predicted octanol–water partition coefficient (Wildman–Crippen LogP) is 2.13. The number of carbonyl (C=O) groups excluding carboxylic acids is 1. The summed E-state index contributed by atoms with van der Waals surface area (Å²) >= 11 is 0. The van der Waals surface area contributed by atoms with Crippen molar-refractivity contribution in [2.75, 3.05) is 26.2 Å². The summed E-state index contributed by atoms with van der Waals surface area (Å²) in [4.78, 5) is 17.2. The van der Waals surface area contributed by atoms with Gasteiger partial charge in [0.15, 0.2) is 0 Å². The van der Waals surface area contributed by atoms with Gasteiger partial charge in [0.1, 0.15) is 0 Å². The second-order valence-electron chi connectivity index (χ2n) is 7.16. The SMILES string of the molecule is CC(C1CC1)N(Cc1ccccc1)C(=O)CN1CCC(CO)C1. The van der Waals surface area contributed by atoms with Gasteiger partial charge in [-0.1, -0.05) is 30.3 Å². The topological polar surface area (TPSA) is 43.8 Å². The fraction of sp³-hybridized carbons (Fsp3) is 0.632. The van der Waals surface area contributed by atoms with Crippen LogP contribution in [0.1, 0.15) is 31.7 Å². The van der Waals surface area contributed by atoms with Crippen molar-refractivity contribution in [2.24, 2.45) is 11.8 Å². The van der Waals surface area contributed by atoms with Crippen LogP contribution in [0.15, 0.2) is 30.3 Å². The van der Waals surface area contributed by atoms with Crippen molar-refractivity contribution in [3.8, 4) is 0 Å². The molecule has 2 fully saturated rings. The molecule has 1 aliphatic heterocycles. The van der Waals surface area contributed by atoms with Gasteiger partial charge < -0.3 is 10.0 Å². The quantitative estimate of drug-likeness (QED) is 0.838. The van der Waals surface area contributed by atoms with E-state index >= 15 is 0 Å². The van der Waals surface area contributed by atoms with Gasteiger partial charge in [-0.05, 0) is 50.1 Å². The molecule has 0 spiro atoms. The summed E-state index contributed by atoms with van der Waals surface area (Å²) in [6.07, 6.45) is 3.49. The zero-order valence-electron chi connectivity index (χ0n) is 14.0. The van der Waals surface area contributed by atoms with Crippen molar-refractivity contribution < 1.29 is 9.90 Å². The Hall–Kier alpha value is -1.39. The first-order valence-corrected chi connectivity index (χ1v) is 8.84. The van der Waals surface area contributed by atoms with Crippen LogP contribution in [0.2, 0.25) is 0 Å². The average Bonchev–Trinajstić information content (AvgIpc) is 3.33. The summed E-state index contributed by atoms with van der Waals surface area (Å²) in [6.45, 7) is 5.39. The Kier molecular flexibility index (Phi) is 5.34. The lowest BCUT2D eigenvalue weighted by atomic mass is 10.1. The van der Waals surface area contributed by atoms with Crippen molar-refractivity contribution in [1.29, 1.82) is 0 Å². The van der Waals surface area contributed by atoms with Gasteiger partial charge in [-0.25, -0.2) is 0 Å². The number of aliphatic hydroxyl groups is 1. The van der Waals surface area contributed by atoms with Gasteiger partial charge in [0.2, 0.25) is 5.91 Å². The molecule has 4 nitrogen and oxygen atoms in total. The number of amides is 1. The lowest BCUT2D eigenvalue weighted by Gasteiger charge is -2.31. The van der Waals surface area contributed by atoms with E-state index in [1.165, 1.54) is 18.4 Å². The molecule has 2 atom stereocenters. The molecule has 1 aromatic carbocycles. The molecule has 1 heterocycles. The molecule has 0 bridgehead atoms. The van der Waals surface area contributed by atoms with Crippen molar-refractivity contribution in [2.45, 2.75) is 38.8 Å². The average molecular weight is 316 g/mol. The Morgan fingerprint density at radius 3 is 2.65 bits per heavy atom. The molecule has 23 heavy (non-hydrogen) atoms. The fourth-order valence-electron chi connectivity index (χ4n) is 3.56. The molecule has 0 radical (unpaired) electrons. The van der Waals surface area contributed by atoms with Gasteiger partial charge in [-0.2, -0.15) is 0 Å². The third-order valence-corrected chi connectivity index (χ3v) is 5.30. The summed E-state index contributed by atoms with van der Waals surface area (Å²) < 4.78 is 0. The van der Waals surface area contributed by atoms with Gasteiger partial charge >= 0.3 is 0 Å². The second kappa shape index (κ2) is 7.45. The fourth-order valence-corrected chi connectivity index (χ4v) is 3.56. The predicted molar refractivity (Wildman–Crippen MR) is 90.8 cm³/mol. The van der Waals surface area contributed by atoms with E-state index in [0.29, 0.717) is 31.0 Å². The van der Waals surface area contributed by atoms with E-state index in [9.17, 15) is 9.90 Å². The molecule has 0 aromatic heterocycles. The first-order valence-electron chi connectivity index (χ1n) is 8.84. The summed E-state index contributed by atoms with van der Waals surface area (Å²) in [6, 6.07) is 10.6. The summed E-state index contributed by atoms with van der Waals surface area (Å²) in [5.41, 5.74) is 1.20. The molecule has 1 amide bonds. The maximum absolute atomic E-state index is 12.9. The Balaban J connectivity index is 1.63. The number of likely N-dealkylation sites (tertiary alicyclic amines) is 1. The largest absolute Gasteiger partial charge is 0.396 e. The van der Waals surface area contributed by atoms with Gasteiger partial charge in [0, 0.05) is 25.7 Å². The van der Waals surface area contributed by atoms with E-state index in [2.05, 4.69) is 28.9 Å². The second-order valence-corrected chi connectivity index (χ2v) is 7.16. The molecule has 1 aliphatic carbocycles. The lowest BCUT2D eigenvalue weighted by Crippen LogP contribution is -2.44. The van der Waals surface area contributed by atoms with Crippen LogP contribution >= 0.6 is 0 Å². The molecule has 126 valence electrons. The highest BCUT2D eigenvalue weighted by Gasteiger charge is 2.35. The highest BCUT2D eigenvalue weighted by atomic mass is 16.3. The molecule has 1 N–H and O–H groups in total. The minimum Gasteiger partial charge on any atom is -0.396 e. The van der Waals surface area contributed by atoms with E-state index in [4.69, 9.17) is 0 Å². The van der Waals surface area contributed by atoms with Crippen molar-refractivity contribution >= 4 is 5.91 Å². The van der Waals surface area contributed by atoms with Gasteiger partial charge in [-0.15, -0.1) is 0 Å². The van der Waals surface area contributed by atoms with Crippen molar-refractivity contribution in [1.82, 2.24) is 9.80 Å². The Morgan fingerprint density at radius 1 is 1.30 bits per heavy atom. The number of benzene rings is 1. The lowest BCUT2D eigenvalue weighted by molar-refractivity contribution is -0.135. The van der Waals surface area contributed by atoms with Crippen LogP contribution in [0.4, 0.5) is 0 Å². The third kappa shape index (κ3) is 4.33. The highest BCUT2D eigenvalue weighted by molar-refractivity contribution is 5.78. The minimum atomic E-state index is 0.229. The Labute approximate surface area is 139 Å². The number of rotatable bonds is 7. The van der Waals surface area contributed by atoms with Crippen molar-refractivity contribution in [3.63, 3.8) is 0 Å². The van der Waals surface area contributed by atoms with E-state index in [0.717, 1.165) is 19.5 Å². The number of hydrogen-bond donors (Lipinski definition) is 1. The van der Waals surface area contributed by atoms with Crippen LogP contribution in [0.5, 0.6) is 0 Å². The number of aliphatic hydroxyl groups excluding tert-OH is 1. The van der Waals surface area contributed by atoms with Gasteiger partial charge in [0.05, 0.1) is 6.54 Å². The normalized spacial score (nSPS) is 23.0. The summed E-state index contributed by atoms with van der Waals surface area (Å²) in [5, 5.41) is 9.27. The van der Waals surface area contributed by atoms with E-state index in [-0.39, 0.29) is 12.5 Å². The van der Waals surface area contributed by atoms with Crippen LogP contribution in [0, 0.1) is 11.8 Å². The molecule has 2 unspecified atom stereocenters. The third-order valence-electron chi connectivity index (χ3n) is 5.30. The molecule has 2 aliphatic rings. The van der Waals surface area contributed by atoms with Crippen molar-refractivity contribution in [3.05, 3.63) is 35.9 Å². The monoisotopic (exact) mass is 316 g/mol. The maximum Gasteiger partial charge on any atom is 0.237 e. The minimum absolute atomic E-state index is 0.229. The van der Waals surface area contributed by atoms with Crippen LogP contribution in [0.3, 0.4) is 0 Å². The van der Waals surface area contributed by atoms with Crippen LogP contribution in [-0.2, 0) is 11.3 Å². The van der Waals surface area contributed by atoms with E-state index in [1.54, 1.807) is 0 Å². The molecule has 3 rings (SSSR count). The Morgan fingerprint density at radius 2 is 2.04 bits per heavy atom. The highest BCUT2D eigenvalue weighted by Crippen LogP contribution is 2.35. The Bertz CT molecular complexity index is 515. The first-order chi connectivity index (χ1) is 11.2. The maximum atomic E-state index is 12.9. The summed E-state index contributed by atoms with van der Waals surface area (Å²) in [5.74, 6) is 1.24. The number of nitrogens with zero attached hydrogens (tertiary/aromatic N) is 2. The number of carbonyl (C=O) groups is 1. The van der Waals surface area contributed by atoms with Gasteiger partial charge in [-0.3, -0.25) is 9.69 Å². The standard InChI is InChI=1S/C19H28N2O2/c1-15(18-7-8-18)21(12-16-5-3-2-4-6-16)19(23)13-20-10-9-17(11-20)14-22/h2-6,15,17-18,22H,7-14H2,1H3. The molecule has 1 saturated heterocycles. The van der Waals surface area contributed by atoms with Crippen LogP contribution in [0.25, 0.3) is 0 Å². The molecular weight excluding hydrogens is 288 g/mol. The molecule has 1 aromatic rings.